The highest BCUT2D eigenvalue weighted by Gasteiger charge is 2.39. The van der Waals surface area contributed by atoms with Gasteiger partial charge in [-0.05, 0) is 86.4 Å². The van der Waals surface area contributed by atoms with Crippen LogP contribution in [0.3, 0.4) is 0 Å². The van der Waals surface area contributed by atoms with E-state index in [-0.39, 0.29) is 27.1 Å². The number of pyridine rings is 1. The third-order valence-electron chi connectivity index (χ3n) is 8.37. The number of hydrogen-bond donors (Lipinski definition) is 1. The van der Waals surface area contributed by atoms with E-state index in [2.05, 4.69) is 54.8 Å². The zero-order valence-corrected chi connectivity index (χ0v) is 29.7. The molecule has 1 aromatic carbocycles. The summed E-state index contributed by atoms with van der Waals surface area (Å²) >= 11 is 11.2. The summed E-state index contributed by atoms with van der Waals surface area (Å²) in [6.45, 7) is 18.3. The molecule has 1 unspecified atom stereocenters. The van der Waals surface area contributed by atoms with Crippen molar-refractivity contribution in [2.75, 3.05) is 19.4 Å². The Kier molecular flexibility index (Phi) is 9.93. The number of aliphatic hydroxyl groups excluding tert-OH is 1. The fourth-order valence-electron chi connectivity index (χ4n) is 5.15. The first-order valence-corrected chi connectivity index (χ1v) is 19.4. The summed E-state index contributed by atoms with van der Waals surface area (Å²) in [4.78, 5) is 6.67. The zero-order chi connectivity index (χ0) is 30.5. The van der Waals surface area contributed by atoms with Gasteiger partial charge in [0.1, 0.15) is 10.5 Å². The Morgan fingerprint density at radius 1 is 1.24 bits per heavy atom. The summed E-state index contributed by atoms with van der Waals surface area (Å²) in [6, 6.07) is 1.79. The summed E-state index contributed by atoms with van der Waals surface area (Å²) in [5.74, 6) is -0.477. The molecule has 1 aliphatic rings. The smallest absolute Gasteiger partial charge is 0.216 e. The molecule has 7 nitrogen and oxygen atoms in total. The molecule has 228 valence electrons. The van der Waals surface area contributed by atoms with Crippen LogP contribution in [0.5, 0.6) is 0 Å². The molecule has 0 amide bonds. The predicted molar refractivity (Wildman–Crippen MR) is 173 cm³/mol. The number of thioether (sulfide) groups is 1. The number of likely N-dealkylation sites (tertiary alicyclic amines) is 1. The lowest BCUT2D eigenvalue weighted by molar-refractivity contribution is -0.254. The van der Waals surface area contributed by atoms with Gasteiger partial charge in [-0.15, -0.1) is 11.8 Å². The molecule has 41 heavy (non-hydrogen) atoms. The number of ether oxygens (including phenoxy) is 1. The van der Waals surface area contributed by atoms with Crippen molar-refractivity contribution in [3.63, 3.8) is 0 Å². The first-order valence-electron chi connectivity index (χ1n) is 14.1. The fourth-order valence-corrected chi connectivity index (χ4v) is 7.26. The minimum Gasteiger partial charge on any atom is -0.417 e. The number of benzene rings is 1. The molecule has 2 aromatic heterocycles. The minimum absolute atomic E-state index is 0.00212. The van der Waals surface area contributed by atoms with Gasteiger partial charge in [-0.3, -0.25) is 9.58 Å². The second kappa shape index (κ2) is 12.3. The summed E-state index contributed by atoms with van der Waals surface area (Å²) in [6.07, 6.45) is 4.95. The first-order chi connectivity index (χ1) is 18.9. The van der Waals surface area contributed by atoms with Gasteiger partial charge < -0.3 is 14.3 Å². The van der Waals surface area contributed by atoms with Crippen LogP contribution < -0.4 is 0 Å². The number of aliphatic hydroxyl groups is 1. The maximum Gasteiger partial charge on any atom is 0.216 e. The molecule has 3 aromatic rings. The molecule has 1 fully saturated rings. The third kappa shape index (κ3) is 6.98. The van der Waals surface area contributed by atoms with Gasteiger partial charge in [0.25, 0.3) is 0 Å². The van der Waals surface area contributed by atoms with E-state index in [0.717, 1.165) is 35.2 Å². The van der Waals surface area contributed by atoms with E-state index in [1.807, 2.05) is 42.8 Å². The van der Waals surface area contributed by atoms with Crippen LogP contribution in [0.2, 0.25) is 23.2 Å². The van der Waals surface area contributed by atoms with Crippen molar-refractivity contribution in [1.29, 1.82) is 0 Å². The number of piperidine rings is 1. The number of rotatable bonds is 8. The van der Waals surface area contributed by atoms with Gasteiger partial charge in [-0.2, -0.15) is 5.10 Å². The van der Waals surface area contributed by atoms with Gasteiger partial charge in [0, 0.05) is 24.6 Å². The van der Waals surface area contributed by atoms with Crippen molar-refractivity contribution in [2.24, 2.45) is 0 Å². The Balaban J connectivity index is 1.71. The average Bonchev–Trinajstić information content (AvgIpc) is 3.31. The van der Waals surface area contributed by atoms with E-state index in [0.29, 0.717) is 23.6 Å². The SMILES string of the molecule is CSc1nc2c(F)c(Br)c(Cl)cc2c2c1cnn2[C@H]1CCN(C(O)OC(C)(C)C)[C@H](CCO[Si](C)(C)C(C)(C)C)C1. The lowest BCUT2D eigenvalue weighted by Crippen LogP contribution is -2.52. The molecule has 1 N–H and O–H groups in total. The van der Waals surface area contributed by atoms with Crippen LogP contribution in [0.15, 0.2) is 21.8 Å². The summed E-state index contributed by atoms with van der Waals surface area (Å²) < 4.78 is 30.1. The number of nitrogens with zero attached hydrogens (tertiary/aromatic N) is 4. The maximum atomic E-state index is 15.3. The molecule has 0 aliphatic carbocycles. The van der Waals surface area contributed by atoms with Gasteiger partial charge in [0.05, 0.1) is 38.2 Å². The Labute approximate surface area is 261 Å². The molecule has 3 atom stereocenters. The van der Waals surface area contributed by atoms with Crippen molar-refractivity contribution in [3.05, 3.63) is 27.6 Å². The first kappa shape index (κ1) is 33.1. The Morgan fingerprint density at radius 3 is 2.54 bits per heavy atom. The zero-order valence-electron chi connectivity index (χ0n) is 25.5. The lowest BCUT2D eigenvalue weighted by Gasteiger charge is -2.44. The highest BCUT2D eigenvalue weighted by Crippen LogP contribution is 2.41. The maximum absolute atomic E-state index is 15.3. The summed E-state index contributed by atoms with van der Waals surface area (Å²) in [5, 5.41) is 18.6. The standard InChI is InChI=1S/C29H43BrClFN4O3SSi/c1-28(2,3)39-27(37)35-12-10-18(14-17(35)11-13-38-41(8,9)29(4,5)6)36-25-19-15-21(31)22(30)23(32)24(19)34-26(40-7)20(25)16-33-36/h15-18,27,37H,10-14H2,1-9H3/t17-,18+,27?/m1/s1. The predicted octanol–water partition coefficient (Wildman–Crippen LogP) is 8.37. The second-order valence-corrected chi connectivity index (χ2v) is 20.2. The van der Waals surface area contributed by atoms with Crippen molar-refractivity contribution in [1.82, 2.24) is 19.7 Å². The lowest BCUT2D eigenvalue weighted by atomic mass is 9.95. The van der Waals surface area contributed by atoms with Crippen LogP contribution in [0.1, 0.15) is 66.8 Å². The van der Waals surface area contributed by atoms with Crippen LogP contribution in [-0.2, 0) is 9.16 Å². The van der Waals surface area contributed by atoms with Crippen molar-refractivity contribution < 1.29 is 18.7 Å². The van der Waals surface area contributed by atoms with Gasteiger partial charge >= 0.3 is 0 Å². The van der Waals surface area contributed by atoms with Crippen molar-refractivity contribution >= 4 is 69.4 Å². The van der Waals surface area contributed by atoms with Crippen LogP contribution in [0.25, 0.3) is 21.8 Å². The number of aromatic nitrogens is 3. The van der Waals surface area contributed by atoms with Crippen LogP contribution in [-0.4, -0.2) is 70.6 Å². The molecule has 0 spiro atoms. The normalized spacial score (nSPS) is 20.3. The average molecular weight is 690 g/mol. The van der Waals surface area contributed by atoms with E-state index in [1.165, 1.54) is 11.8 Å². The summed E-state index contributed by atoms with van der Waals surface area (Å²) in [5.41, 5.74) is 0.605. The Morgan fingerprint density at radius 2 is 1.93 bits per heavy atom. The molecule has 0 radical (unpaired) electrons. The quantitative estimate of drug-likeness (QED) is 0.110. The van der Waals surface area contributed by atoms with E-state index < -0.39 is 26.1 Å². The largest absolute Gasteiger partial charge is 0.417 e. The van der Waals surface area contributed by atoms with Gasteiger partial charge in [-0.1, -0.05) is 32.4 Å². The van der Waals surface area contributed by atoms with E-state index in [9.17, 15) is 5.11 Å². The molecule has 0 bridgehead atoms. The van der Waals surface area contributed by atoms with Crippen LogP contribution in [0, 0.1) is 5.82 Å². The van der Waals surface area contributed by atoms with E-state index in [4.69, 9.17) is 25.9 Å². The summed E-state index contributed by atoms with van der Waals surface area (Å²) in [7, 11) is -1.93. The highest BCUT2D eigenvalue weighted by molar-refractivity contribution is 9.10. The topological polar surface area (TPSA) is 72.6 Å². The van der Waals surface area contributed by atoms with Crippen molar-refractivity contribution in [3.8, 4) is 0 Å². The van der Waals surface area contributed by atoms with E-state index in [1.54, 1.807) is 6.07 Å². The number of hydrogen-bond acceptors (Lipinski definition) is 7. The molecule has 12 heteroatoms. The Bertz CT molecular complexity index is 1410. The fraction of sp³-hybridized carbons (Fsp3) is 0.655. The van der Waals surface area contributed by atoms with Crippen LogP contribution >= 0.6 is 39.3 Å². The van der Waals surface area contributed by atoms with E-state index >= 15 is 4.39 Å². The second-order valence-electron chi connectivity index (χ2n) is 13.4. The molecular weight excluding hydrogens is 647 g/mol. The molecule has 1 saturated heterocycles. The van der Waals surface area contributed by atoms with Crippen LogP contribution in [0.4, 0.5) is 4.39 Å². The van der Waals surface area contributed by atoms with Crippen molar-refractivity contribution in [2.45, 2.75) is 108 Å². The van der Waals surface area contributed by atoms with Gasteiger partial charge in [0.15, 0.2) is 14.1 Å². The number of fused-ring (bicyclic) bond motifs is 3. The molecule has 4 rings (SSSR count). The molecule has 3 heterocycles. The third-order valence-corrected chi connectivity index (χ3v) is 14.9. The monoisotopic (exact) mass is 688 g/mol. The Hall–Kier alpha value is -0.793. The van der Waals surface area contributed by atoms with Gasteiger partial charge in [0.2, 0.25) is 6.41 Å². The minimum atomic E-state index is -1.93. The highest BCUT2D eigenvalue weighted by atomic mass is 79.9. The van der Waals surface area contributed by atoms with Gasteiger partial charge in [-0.25, -0.2) is 9.37 Å². The molecule has 1 aliphatic heterocycles. The number of halogens is 3. The molecular formula is C29H43BrClFN4O3SSi. The molecule has 0 saturated carbocycles.